The summed E-state index contributed by atoms with van der Waals surface area (Å²) in [5.41, 5.74) is 5.70. The van der Waals surface area contributed by atoms with Gasteiger partial charge in [0, 0.05) is 11.6 Å². The van der Waals surface area contributed by atoms with E-state index in [1.165, 1.54) is 12.1 Å². The van der Waals surface area contributed by atoms with Gasteiger partial charge in [-0.25, -0.2) is 9.18 Å². The van der Waals surface area contributed by atoms with Crippen LogP contribution in [0, 0.1) is 5.82 Å². The average molecular weight is 342 g/mol. The van der Waals surface area contributed by atoms with E-state index >= 15 is 0 Å². The number of hydrogen-bond acceptors (Lipinski definition) is 5. The molecule has 128 valence electrons. The monoisotopic (exact) mass is 342 g/mol. The van der Waals surface area contributed by atoms with Gasteiger partial charge in [0.05, 0.1) is 6.04 Å². The van der Waals surface area contributed by atoms with Crippen LogP contribution in [-0.4, -0.2) is 16.2 Å². The first kappa shape index (κ1) is 16.4. The van der Waals surface area contributed by atoms with E-state index in [4.69, 9.17) is 15.0 Å². The second kappa shape index (κ2) is 7.00. The number of urea groups is 1. The Morgan fingerprint density at radius 2 is 1.96 bits per heavy atom. The molecule has 1 heterocycles. The Bertz CT molecular complexity index is 897. The van der Waals surface area contributed by atoms with Gasteiger partial charge in [0.25, 0.3) is 5.89 Å². The highest BCUT2D eigenvalue weighted by Crippen LogP contribution is 2.27. The number of carbonyl (C=O) groups excluding carboxylic acids is 1. The minimum Gasteiger partial charge on any atom is -0.457 e. The van der Waals surface area contributed by atoms with E-state index in [0.29, 0.717) is 22.9 Å². The molecule has 1 unspecified atom stereocenters. The molecule has 0 aliphatic heterocycles. The van der Waals surface area contributed by atoms with E-state index in [-0.39, 0.29) is 11.7 Å². The number of primary amides is 1. The highest BCUT2D eigenvalue weighted by atomic mass is 19.1. The number of nitrogens with one attached hydrogen (secondary N) is 1. The normalized spacial score (nSPS) is 11.8. The van der Waals surface area contributed by atoms with Crippen LogP contribution in [0.25, 0.3) is 11.5 Å². The van der Waals surface area contributed by atoms with Crippen molar-refractivity contribution >= 4 is 6.03 Å². The fraction of sp³-hybridized carbons (Fsp3) is 0.118. The Morgan fingerprint density at radius 1 is 1.24 bits per heavy atom. The Labute approximate surface area is 142 Å². The molecule has 1 atom stereocenters. The molecule has 2 amide bonds. The number of nitrogens with two attached hydrogens (primary N) is 1. The SMILES string of the molecule is CC(NC(N)=O)c1noc(-c2cccc(Oc3cccc(F)c3)c2)n1. The van der Waals surface area contributed by atoms with Crippen molar-refractivity contribution in [2.24, 2.45) is 5.73 Å². The molecule has 0 aliphatic carbocycles. The van der Waals surface area contributed by atoms with E-state index in [1.54, 1.807) is 43.3 Å². The molecule has 0 spiro atoms. The summed E-state index contributed by atoms with van der Waals surface area (Å²) in [7, 11) is 0. The molecule has 8 heteroatoms. The van der Waals surface area contributed by atoms with Crippen molar-refractivity contribution in [2.75, 3.05) is 0 Å². The fourth-order valence-electron chi connectivity index (χ4n) is 2.17. The van der Waals surface area contributed by atoms with Crippen molar-refractivity contribution in [1.29, 1.82) is 0 Å². The van der Waals surface area contributed by atoms with Gasteiger partial charge < -0.3 is 20.3 Å². The molecule has 3 rings (SSSR count). The summed E-state index contributed by atoms with van der Waals surface area (Å²) in [5.74, 6) is 1.04. The van der Waals surface area contributed by atoms with Crippen LogP contribution in [0.1, 0.15) is 18.8 Å². The van der Waals surface area contributed by atoms with Crippen molar-refractivity contribution in [2.45, 2.75) is 13.0 Å². The van der Waals surface area contributed by atoms with Crippen LogP contribution in [-0.2, 0) is 0 Å². The average Bonchev–Trinajstić information content (AvgIpc) is 3.05. The highest BCUT2D eigenvalue weighted by Gasteiger charge is 2.16. The van der Waals surface area contributed by atoms with E-state index in [0.717, 1.165) is 0 Å². The predicted molar refractivity (Wildman–Crippen MR) is 87.3 cm³/mol. The summed E-state index contributed by atoms with van der Waals surface area (Å²) < 4.78 is 24.1. The molecule has 0 bridgehead atoms. The number of halogens is 1. The zero-order valence-corrected chi connectivity index (χ0v) is 13.3. The van der Waals surface area contributed by atoms with E-state index in [9.17, 15) is 9.18 Å². The number of hydrogen-bond donors (Lipinski definition) is 2. The smallest absolute Gasteiger partial charge is 0.312 e. The van der Waals surface area contributed by atoms with Gasteiger partial charge in [-0.05, 0) is 37.3 Å². The van der Waals surface area contributed by atoms with Crippen molar-refractivity contribution in [3.63, 3.8) is 0 Å². The molecule has 0 saturated heterocycles. The van der Waals surface area contributed by atoms with Crippen molar-refractivity contribution in [3.05, 3.63) is 60.2 Å². The Morgan fingerprint density at radius 3 is 2.68 bits per heavy atom. The first-order chi connectivity index (χ1) is 12.0. The lowest BCUT2D eigenvalue weighted by atomic mass is 10.2. The fourth-order valence-corrected chi connectivity index (χ4v) is 2.17. The van der Waals surface area contributed by atoms with Gasteiger partial charge in [-0.2, -0.15) is 4.98 Å². The second-order valence-electron chi connectivity index (χ2n) is 5.28. The van der Waals surface area contributed by atoms with Crippen LogP contribution in [0.15, 0.2) is 53.1 Å². The molecule has 7 nitrogen and oxygen atoms in total. The van der Waals surface area contributed by atoms with Crippen molar-refractivity contribution in [3.8, 4) is 23.0 Å². The van der Waals surface area contributed by atoms with Gasteiger partial charge in [0.2, 0.25) is 0 Å². The highest BCUT2D eigenvalue weighted by molar-refractivity contribution is 5.72. The van der Waals surface area contributed by atoms with Crippen LogP contribution in [0.2, 0.25) is 0 Å². The molecule has 3 aromatic rings. The van der Waals surface area contributed by atoms with Crippen molar-refractivity contribution in [1.82, 2.24) is 15.5 Å². The van der Waals surface area contributed by atoms with Crippen LogP contribution in [0.4, 0.5) is 9.18 Å². The van der Waals surface area contributed by atoms with E-state index in [1.807, 2.05) is 0 Å². The predicted octanol–water partition coefficient (Wildman–Crippen LogP) is 3.40. The number of rotatable bonds is 5. The summed E-state index contributed by atoms with van der Waals surface area (Å²) in [4.78, 5) is 15.1. The Balaban J connectivity index is 1.80. The minimum atomic E-state index is -0.677. The van der Waals surface area contributed by atoms with Gasteiger partial charge in [0.15, 0.2) is 5.82 Å². The lowest BCUT2D eigenvalue weighted by molar-refractivity contribution is 0.245. The third kappa shape index (κ3) is 4.11. The summed E-state index contributed by atoms with van der Waals surface area (Å²) in [6, 6.07) is 11.6. The topological polar surface area (TPSA) is 103 Å². The maximum Gasteiger partial charge on any atom is 0.312 e. The van der Waals surface area contributed by atoms with Crippen LogP contribution < -0.4 is 15.8 Å². The third-order valence-electron chi connectivity index (χ3n) is 3.30. The molecule has 25 heavy (non-hydrogen) atoms. The second-order valence-corrected chi connectivity index (χ2v) is 5.28. The molecule has 3 N–H and O–H groups in total. The molecular weight excluding hydrogens is 327 g/mol. The number of carbonyl (C=O) groups is 1. The summed E-state index contributed by atoms with van der Waals surface area (Å²) >= 11 is 0. The number of nitrogens with zero attached hydrogens (tertiary/aromatic N) is 2. The number of aromatic nitrogens is 2. The van der Waals surface area contributed by atoms with Gasteiger partial charge in [-0.1, -0.05) is 17.3 Å². The molecular formula is C17H15FN4O3. The molecule has 1 aromatic heterocycles. The van der Waals surface area contributed by atoms with Crippen LogP contribution >= 0.6 is 0 Å². The first-order valence-electron chi connectivity index (χ1n) is 7.44. The largest absolute Gasteiger partial charge is 0.457 e. The standard InChI is InChI=1S/C17H15FN4O3/c1-10(20-17(19)23)15-21-16(25-22-15)11-4-2-6-13(8-11)24-14-7-3-5-12(18)9-14/h2-10H,1H3,(H3,19,20,23). The molecule has 0 radical (unpaired) electrons. The summed E-state index contributed by atoms with van der Waals surface area (Å²) in [6.45, 7) is 1.68. The molecule has 0 aliphatic rings. The minimum absolute atomic E-state index is 0.262. The quantitative estimate of drug-likeness (QED) is 0.739. The Hall–Kier alpha value is -3.42. The van der Waals surface area contributed by atoms with E-state index < -0.39 is 12.1 Å². The maximum atomic E-state index is 13.2. The number of amides is 2. The van der Waals surface area contributed by atoms with Gasteiger partial charge in [0.1, 0.15) is 17.3 Å². The number of benzene rings is 2. The molecule has 2 aromatic carbocycles. The zero-order chi connectivity index (χ0) is 17.8. The van der Waals surface area contributed by atoms with Crippen LogP contribution in [0.5, 0.6) is 11.5 Å². The van der Waals surface area contributed by atoms with Gasteiger partial charge >= 0.3 is 6.03 Å². The van der Waals surface area contributed by atoms with Gasteiger partial charge in [-0.15, -0.1) is 0 Å². The number of ether oxygens (including phenoxy) is 1. The lowest BCUT2D eigenvalue weighted by Gasteiger charge is -2.06. The lowest BCUT2D eigenvalue weighted by Crippen LogP contribution is -2.32. The first-order valence-corrected chi connectivity index (χ1v) is 7.44. The summed E-state index contributed by atoms with van der Waals surface area (Å²) in [5, 5.41) is 6.29. The van der Waals surface area contributed by atoms with E-state index in [2.05, 4.69) is 15.5 Å². The summed E-state index contributed by atoms with van der Waals surface area (Å²) in [6.07, 6.45) is 0. The van der Waals surface area contributed by atoms with Crippen LogP contribution in [0.3, 0.4) is 0 Å². The molecule has 0 fully saturated rings. The molecule has 0 saturated carbocycles. The maximum absolute atomic E-state index is 13.2. The Kier molecular flexibility index (Phi) is 4.60. The van der Waals surface area contributed by atoms with Crippen molar-refractivity contribution < 1.29 is 18.4 Å². The van der Waals surface area contributed by atoms with Gasteiger partial charge in [-0.3, -0.25) is 0 Å². The third-order valence-corrected chi connectivity index (χ3v) is 3.30. The zero-order valence-electron chi connectivity index (χ0n) is 13.3.